The van der Waals surface area contributed by atoms with Crippen LogP contribution in [0.5, 0.6) is 5.75 Å². The van der Waals surface area contributed by atoms with E-state index in [2.05, 4.69) is 17.3 Å². The van der Waals surface area contributed by atoms with E-state index in [9.17, 15) is 14.4 Å². The first-order valence-corrected chi connectivity index (χ1v) is 11.7. The van der Waals surface area contributed by atoms with Crippen LogP contribution in [0.4, 0.5) is 0 Å². The largest absolute Gasteiger partial charge is 0.496 e. The zero-order valence-corrected chi connectivity index (χ0v) is 20.2. The molecule has 2 aromatic rings. The van der Waals surface area contributed by atoms with Crippen LogP contribution in [0.3, 0.4) is 0 Å². The first-order chi connectivity index (χ1) is 16.3. The Kier molecular flexibility index (Phi) is 6.63. The van der Waals surface area contributed by atoms with Crippen LogP contribution >= 0.6 is 0 Å². The summed E-state index contributed by atoms with van der Waals surface area (Å²) in [6, 6.07) is 8.92. The zero-order valence-electron chi connectivity index (χ0n) is 20.2. The minimum Gasteiger partial charge on any atom is -0.496 e. The van der Waals surface area contributed by atoms with E-state index in [1.165, 1.54) is 17.9 Å². The fraction of sp³-hybridized carbons (Fsp3) is 0.520. The molecule has 9 heteroatoms. The third-order valence-corrected chi connectivity index (χ3v) is 7.05. The van der Waals surface area contributed by atoms with Crippen molar-refractivity contribution in [2.45, 2.75) is 64.2 Å². The van der Waals surface area contributed by atoms with Crippen molar-refractivity contribution >= 4 is 17.8 Å². The number of carbonyl (C=O) groups is 3. The van der Waals surface area contributed by atoms with Crippen LogP contribution in [0.15, 0.2) is 30.3 Å². The van der Waals surface area contributed by atoms with Crippen molar-refractivity contribution in [3.8, 4) is 5.75 Å². The minimum atomic E-state index is -1.21. The fourth-order valence-corrected chi connectivity index (χ4v) is 4.84. The van der Waals surface area contributed by atoms with Crippen molar-refractivity contribution in [3.63, 3.8) is 0 Å². The molecule has 2 amide bonds. The standard InChI is InChI=1S/C25H32N4O5/c1-16-9-11-18(12-10-16)26-24(32)25(2)15-29-20(13-19(27-29)23(31)34-4)22(30)28(25)14-17-7-5-6-8-21(17)33-3/h5-8,13,16,18H,9-12,14-15H2,1-4H3,(H,26,32)/t16?,18?,25-/m1/s1. The molecular weight excluding hydrogens is 436 g/mol. The summed E-state index contributed by atoms with van der Waals surface area (Å²) in [4.78, 5) is 41.0. The number of hydrogen-bond acceptors (Lipinski definition) is 6. The quantitative estimate of drug-likeness (QED) is 0.654. The SMILES string of the molecule is COC(=O)c1cc2n(n1)C[C@](C)(C(=O)NC1CCC(C)CC1)N(Cc1ccccc1OC)C2=O. The lowest BCUT2D eigenvalue weighted by atomic mass is 9.86. The fourth-order valence-electron chi connectivity index (χ4n) is 4.84. The topological polar surface area (TPSA) is 103 Å². The highest BCUT2D eigenvalue weighted by Crippen LogP contribution is 2.32. The number of methoxy groups -OCH3 is 2. The van der Waals surface area contributed by atoms with Crippen LogP contribution in [0.1, 0.15) is 66.1 Å². The van der Waals surface area contributed by atoms with Crippen molar-refractivity contribution in [2.75, 3.05) is 14.2 Å². The van der Waals surface area contributed by atoms with Gasteiger partial charge in [0.1, 0.15) is 17.0 Å². The Labute approximate surface area is 199 Å². The Morgan fingerprint density at radius 2 is 1.88 bits per heavy atom. The van der Waals surface area contributed by atoms with Crippen molar-refractivity contribution in [1.29, 1.82) is 0 Å². The van der Waals surface area contributed by atoms with Gasteiger partial charge in [-0.05, 0) is 44.6 Å². The smallest absolute Gasteiger partial charge is 0.358 e. The average molecular weight is 469 g/mol. The molecule has 34 heavy (non-hydrogen) atoms. The second kappa shape index (κ2) is 9.48. The molecule has 4 rings (SSSR count). The van der Waals surface area contributed by atoms with Gasteiger partial charge in [-0.1, -0.05) is 25.1 Å². The molecule has 0 bridgehead atoms. The molecule has 1 saturated carbocycles. The number of hydrogen-bond donors (Lipinski definition) is 1. The maximum atomic E-state index is 13.7. The summed E-state index contributed by atoms with van der Waals surface area (Å²) >= 11 is 0. The minimum absolute atomic E-state index is 0.0361. The maximum absolute atomic E-state index is 13.7. The summed E-state index contributed by atoms with van der Waals surface area (Å²) in [7, 11) is 2.84. The second-order valence-corrected chi connectivity index (χ2v) is 9.47. The van der Waals surface area contributed by atoms with Gasteiger partial charge >= 0.3 is 5.97 Å². The van der Waals surface area contributed by atoms with Crippen molar-refractivity contribution in [2.24, 2.45) is 5.92 Å². The summed E-state index contributed by atoms with van der Waals surface area (Å²) in [6.45, 7) is 4.28. The zero-order chi connectivity index (χ0) is 24.5. The Morgan fingerprint density at radius 1 is 1.18 bits per heavy atom. The molecule has 9 nitrogen and oxygen atoms in total. The van der Waals surface area contributed by atoms with Gasteiger partial charge in [0.25, 0.3) is 5.91 Å². The van der Waals surface area contributed by atoms with Gasteiger partial charge in [-0.2, -0.15) is 5.10 Å². The highest BCUT2D eigenvalue weighted by Gasteiger charge is 2.49. The Bertz CT molecular complexity index is 1090. The van der Waals surface area contributed by atoms with Crippen LogP contribution in [0, 0.1) is 5.92 Å². The van der Waals surface area contributed by atoms with E-state index in [4.69, 9.17) is 9.47 Å². The van der Waals surface area contributed by atoms with E-state index in [0.29, 0.717) is 11.7 Å². The summed E-state index contributed by atoms with van der Waals surface area (Å²) in [5, 5.41) is 7.46. The number of nitrogens with zero attached hydrogens (tertiary/aromatic N) is 3. The molecule has 1 aliphatic heterocycles. The van der Waals surface area contributed by atoms with Crippen molar-refractivity contribution in [1.82, 2.24) is 20.0 Å². The molecule has 1 N–H and O–H groups in total. The summed E-state index contributed by atoms with van der Waals surface area (Å²) < 4.78 is 11.7. The van der Waals surface area contributed by atoms with Crippen LogP contribution in [0.25, 0.3) is 0 Å². The number of nitrogens with one attached hydrogen (secondary N) is 1. The number of rotatable bonds is 6. The third-order valence-electron chi connectivity index (χ3n) is 7.05. The molecule has 2 aliphatic rings. The van der Waals surface area contributed by atoms with Gasteiger partial charge in [0.05, 0.1) is 27.3 Å². The van der Waals surface area contributed by atoms with Gasteiger partial charge in [0.2, 0.25) is 5.91 Å². The molecule has 1 aliphatic carbocycles. The number of para-hydroxylation sites is 1. The molecule has 2 heterocycles. The lowest BCUT2D eigenvalue weighted by molar-refractivity contribution is -0.134. The van der Waals surface area contributed by atoms with E-state index in [-0.39, 0.29) is 42.3 Å². The molecular formula is C25H32N4O5. The van der Waals surface area contributed by atoms with E-state index < -0.39 is 11.5 Å². The molecule has 0 radical (unpaired) electrons. The number of ether oxygens (including phenoxy) is 2. The lowest BCUT2D eigenvalue weighted by Gasteiger charge is -2.44. The third kappa shape index (κ3) is 4.38. The number of aromatic nitrogens is 2. The van der Waals surface area contributed by atoms with E-state index in [1.807, 2.05) is 24.3 Å². The Morgan fingerprint density at radius 3 is 2.56 bits per heavy atom. The Balaban J connectivity index is 1.69. The number of amides is 2. The summed E-state index contributed by atoms with van der Waals surface area (Å²) in [5.74, 6) is 0.0540. The van der Waals surface area contributed by atoms with E-state index in [1.54, 1.807) is 18.9 Å². The number of benzene rings is 1. The molecule has 1 fully saturated rings. The predicted octanol–water partition coefficient (Wildman–Crippen LogP) is 2.79. The van der Waals surface area contributed by atoms with E-state index in [0.717, 1.165) is 31.2 Å². The molecule has 1 atom stereocenters. The highest BCUT2D eigenvalue weighted by molar-refractivity contribution is 6.01. The van der Waals surface area contributed by atoms with Crippen LogP contribution in [-0.4, -0.2) is 58.3 Å². The van der Waals surface area contributed by atoms with Crippen LogP contribution in [-0.2, 0) is 22.6 Å². The summed E-state index contributed by atoms with van der Waals surface area (Å²) in [5.41, 5.74) is -0.154. The molecule has 0 unspecified atom stereocenters. The maximum Gasteiger partial charge on any atom is 0.358 e. The Hall–Kier alpha value is -3.36. The normalized spacial score (nSPS) is 24.4. The monoisotopic (exact) mass is 468 g/mol. The lowest BCUT2D eigenvalue weighted by Crippen LogP contribution is -2.64. The van der Waals surface area contributed by atoms with Gasteiger partial charge in [-0.15, -0.1) is 0 Å². The van der Waals surface area contributed by atoms with Gasteiger partial charge in [-0.25, -0.2) is 4.79 Å². The molecule has 182 valence electrons. The summed E-state index contributed by atoms with van der Waals surface area (Å²) in [6.07, 6.45) is 3.97. The molecule has 1 aromatic heterocycles. The molecule has 0 saturated heterocycles. The van der Waals surface area contributed by atoms with E-state index >= 15 is 0 Å². The van der Waals surface area contributed by atoms with Gasteiger partial charge in [0, 0.05) is 17.7 Å². The van der Waals surface area contributed by atoms with Crippen LogP contribution < -0.4 is 10.1 Å². The van der Waals surface area contributed by atoms with Gasteiger partial charge < -0.3 is 19.7 Å². The molecule has 0 spiro atoms. The first-order valence-electron chi connectivity index (χ1n) is 11.7. The van der Waals surface area contributed by atoms with Crippen molar-refractivity contribution in [3.05, 3.63) is 47.3 Å². The predicted molar refractivity (Wildman–Crippen MR) is 124 cm³/mol. The average Bonchev–Trinajstić information content (AvgIpc) is 3.26. The highest BCUT2D eigenvalue weighted by atomic mass is 16.5. The van der Waals surface area contributed by atoms with Gasteiger partial charge in [-0.3, -0.25) is 14.3 Å². The van der Waals surface area contributed by atoms with Gasteiger partial charge in [0.15, 0.2) is 5.69 Å². The number of esters is 1. The second-order valence-electron chi connectivity index (χ2n) is 9.47. The number of fused-ring (bicyclic) bond motifs is 1. The molecule has 1 aromatic carbocycles. The van der Waals surface area contributed by atoms with Crippen LogP contribution in [0.2, 0.25) is 0 Å². The number of carbonyl (C=O) groups excluding carboxylic acids is 3. The first kappa shape index (κ1) is 23.8. The van der Waals surface area contributed by atoms with Crippen molar-refractivity contribution < 1.29 is 23.9 Å².